The predicted octanol–water partition coefficient (Wildman–Crippen LogP) is 9.14. The van der Waals surface area contributed by atoms with Crippen molar-refractivity contribution in [1.82, 2.24) is 0 Å². The van der Waals surface area contributed by atoms with Crippen molar-refractivity contribution >= 4 is 25.7 Å². The van der Waals surface area contributed by atoms with Crippen LogP contribution in [0.25, 0.3) is 0 Å². The summed E-state index contributed by atoms with van der Waals surface area (Å²) in [6.07, 6.45) is 38.7. The fraction of sp³-hybridized carbons (Fsp3) is 0.643. The smallest absolute Gasteiger partial charge is 0.472 e. The van der Waals surface area contributed by atoms with Gasteiger partial charge in [0.2, 0.25) is 0 Å². The quantitative estimate of drug-likeness (QED) is 0.0155. The number of unbranched alkanes of at least 4 members (excludes halogenated alkanes) is 10. The average Bonchev–Trinajstić information content (AvgIpc) is 3.15. The highest BCUT2D eigenvalue weighted by atomic mass is 31.2. The lowest BCUT2D eigenvalue weighted by molar-refractivity contribution is -0.161. The standard InChI is InChI=1S/C42H70NO11P/c1-3-5-7-8-9-10-11-12-13-14-15-18-21-24-28-32-40(45)51-34-38(35-52-55(49,50)53-36-39(43)42(47)48)54-41(46)33-29-25-22-19-16-17-20-23-27-31-37(44)30-26-6-4-2/h5-7,9-10,12-13,20,23,26-27,31,37-39,44H,3-4,8,11,14-19,21-22,24-25,28-30,32-36,43H2,1-2H3,(H,47,48)(H,49,50)/b7-5-,10-9-,13-12-,23-20+,26-6+,31-27+/t37?,38-,39+/m1/s1. The van der Waals surface area contributed by atoms with E-state index in [0.717, 1.165) is 89.9 Å². The second kappa shape index (κ2) is 36.5. The van der Waals surface area contributed by atoms with E-state index < -0.39 is 57.2 Å². The molecule has 0 aliphatic rings. The normalized spacial score (nSPS) is 15.1. The minimum Gasteiger partial charge on any atom is -0.480 e. The lowest BCUT2D eigenvalue weighted by Gasteiger charge is -2.20. The number of nitrogens with two attached hydrogens (primary N) is 1. The fourth-order valence-corrected chi connectivity index (χ4v) is 5.66. The molecule has 0 saturated carbocycles. The zero-order chi connectivity index (χ0) is 40.8. The second-order valence-corrected chi connectivity index (χ2v) is 14.7. The van der Waals surface area contributed by atoms with Gasteiger partial charge in [0, 0.05) is 12.8 Å². The van der Waals surface area contributed by atoms with Crippen LogP contribution in [0.3, 0.4) is 0 Å². The minimum absolute atomic E-state index is 0.107. The Morgan fingerprint density at radius 2 is 1.18 bits per heavy atom. The van der Waals surface area contributed by atoms with Crippen molar-refractivity contribution in [2.75, 3.05) is 19.8 Å². The number of aliphatic carboxylic acids is 1. The number of rotatable bonds is 36. The molecule has 0 saturated heterocycles. The average molecular weight is 796 g/mol. The van der Waals surface area contributed by atoms with Gasteiger partial charge in [-0.2, -0.15) is 0 Å². The highest BCUT2D eigenvalue weighted by Gasteiger charge is 2.28. The first-order chi connectivity index (χ1) is 26.5. The number of carbonyl (C=O) groups excluding carboxylic acids is 2. The molecule has 0 rings (SSSR count). The van der Waals surface area contributed by atoms with Gasteiger partial charge in [0.25, 0.3) is 0 Å². The van der Waals surface area contributed by atoms with Gasteiger partial charge in [0.15, 0.2) is 6.10 Å². The van der Waals surface area contributed by atoms with E-state index >= 15 is 0 Å². The Hall–Kier alpha value is -3.12. The SMILES string of the molecule is CC/C=C\C/C=C\C/C=C\CCCCCCCC(=O)OC[C@H](COP(=O)(O)OC[C@H](N)C(=O)O)OC(=O)CCCCCCC/C=C/C=C/C(O)C/C=C/CC. The zero-order valence-corrected chi connectivity index (χ0v) is 34.2. The Kier molecular flexibility index (Phi) is 34.4. The number of ether oxygens (including phenoxy) is 2. The number of carboxylic acid groups (broad SMARTS) is 1. The molecule has 0 spiro atoms. The van der Waals surface area contributed by atoms with Gasteiger partial charge in [-0.25, -0.2) is 4.57 Å². The minimum atomic E-state index is -4.74. The van der Waals surface area contributed by atoms with Crippen molar-refractivity contribution in [3.05, 3.63) is 72.9 Å². The van der Waals surface area contributed by atoms with Crippen molar-refractivity contribution in [3.8, 4) is 0 Å². The molecule has 0 aliphatic heterocycles. The summed E-state index contributed by atoms with van der Waals surface area (Å²) < 4.78 is 32.6. The van der Waals surface area contributed by atoms with E-state index in [4.69, 9.17) is 24.8 Å². The summed E-state index contributed by atoms with van der Waals surface area (Å²) in [6.45, 7) is 2.40. The van der Waals surface area contributed by atoms with Gasteiger partial charge in [0.05, 0.1) is 19.3 Å². The van der Waals surface area contributed by atoms with Crippen molar-refractivity contribution in [2.45, 2.75) is 154 Å². The molecule has 2 unspecified atom stereocenters. The number of aliphatic hydroxyl groups is 1. The molecular weight excluding hydrogens is 725 g/mol. The largest absolute Gasteiger partial charge is 0.480 e. The molecular formula is C42H70NO11P. The Bertz CT molecular complexity index is 1230. The number of carbonyl (C=O) groups is 3. The number of hydrogen-bond donors (Lipinski definition) is 4. The molecule has 0 aromatic carbocycles. The third-order valence-electron chi connectivity index (χ3n) is 8.03. The molecule has 0 aromatic heterocycles. The summed E-state index contributed by atoms with van der Waals surface area (Å²) in [7, 11) is -4.74. The van der Waals surface area contributed by atoms with Crippen LogP contribution in [0.4, 0.5) is 0 Å². The third kappa shape index (κ3) is 36.3. The van der Waals surface area contributed by atoms with Crippen molar-refractivity contribution in [1.29, 1.82) is 0 Å². The van der Waals surface area contributed by atoms with Crippen molar-refractivity contribution in [3.63, 3.8) is 0 Å². The van der Waals surface area contributed by atoms with Crippen molar-refractivity contribution in [2.24, 2.45) is 5.73 Å². The Morgan fingerprint density at radius 1 is 0.655 bits per heavy atom. The number of carboxylic acids is 1. The van der Waals surface area contributed by atoms with Crippen LogP contribution in [0.5, 0.6) is 0 Å². The van der Waals surface area contributed by atoms with E-state index in [0.29, 0.717) is 19.3 Å². The number of allylic oxidation sites excluding steroid dienone is 10. The maximum Gasteiger partial charge on any atom is 0.472 e. The van der Waals surface area contributed by atoms with Crippen LogP contribution in [-0.2, 0) is 37.5 Å². The molecule has 4 atom stereocenters. The lowest BCUT2D eigenvalue weighted by Crippen LogP contribution is -2.34. The second-order valence-electron chi connectivity index (χ2n) is 13.2. The summed E-state index contributed by atoms with van der Waals surface area (Å²) in [4.78, 5) is 45.8. The van der Waals surface area contributed by atoms with Crippen LogP contribution in [0.1, 0.15) is 136 Å². The Labute approximate surface area is 330 Å². The molecule has 0 radical (unpaired) electrons. The van der Waals surface area contributed by atoms with Gasteiger partial charge in [-0.3, -0.25) is 23.4 Å². The third-order valence-corrected chi connectivity index (χ3v) is 8.98. The fourth-order valence-electron chi connectivity index (χ4n) is 4.88. The predicted molar refractivity (Wildman–Crippen MR) is 218 cm³/mol. The summed E-state index contributed by atoms with van der Waals surface area (Å²) in [5.41, 5.74) is 5.32. The molecule has 0 amide bonds. The van der Waals surface area contributed by atoms with Gasteiger partial charge in [-0.15, -0.1) is 0 Å². The maximum absolute atomic E-state index is 12.6. The van der Waals surface area contributed by atoms with Crippen LogP contribution in [0, 0.1) is 0 Å². The number of phosphoric acid groups is 1. The van der Waals surface area contributed by atoms with Crippen LogP contribution in [0.2, 0.25) is 0 Å². The molecule has 12 nitrogen and oxygen atoms in total. The molecule has 0 fully saturated rings. The molecule has 0 aromatic rings. The van der Waals surface area contributed by atoms with E-state index in [1.807, 2.05) is 24.3 Å². The van der Waals surface area contributed by atoms with Gasteiger partial charge >= 0.3 is 25.7 Å². The number of esters is 2. The number of hydrogen-bond acceptors (Lipinski definition) is 10. The van der Waals surface area contributed by atoms with Gasteiger partial charge in [-0.05, 0) is 70.6 Å². The molecule has 55 heavy (non-hydrogen) atoms. The molecule has 314 valence electrons. The van der Waals surface area contributed by atoms with Crippen LogP contribution < -0.4 is 5.73 Å². The van der Waals surface area contributed by atoms with E-state index in [1.54, 1.807) is 6.08 Å². The first-order valence-corrected chi connectivity index (χ1v) is 21.6. The summed E-state index contributed by atoms with van der Waals surface area (Å²) >= 11 is 0. The summed E-state index contributed by atoms with van der Waals surface area (Å²) in [5, 5.41) is 18.7. The molecule has 0 aliphatic carbocycles. The lowest BCUT2D eigenvalue weighted by atomic mass is 10.1. The molecule has 0 bridgehead atoms. The molecule has 5 N–H and O–H groups in total. The van der Waals surface area contributed by atoms with Crippen molar-refractivity contribution < 1.29 is 52.6 Å². The van der Waals surface area contributed by atoms with Crippen LogP contribution in [-0.4, -0.2) is 71.1 Å². The van der Waals surface area contributed by atoms with Gasteiger partial charge in [-0.1, -0.05) is 125 Å². The van der Waals surface area contributed by atoms with E-state index in [2.05, 4.69) is 60.9 Å². The molecule has 0 heterocycles. The van der Waals surface area contributed by atoms with Crippen LogP contribution >= 0.6 is 7.82 Å². The first kappa shape index (κ1) is 51.9. The van der Waals surface area contributed by atoms with E-state index in [-0.39, 0.29) is 19.4 Å². The van der Waals surface area contributed by atoms with E-state index in [1.165, 1.54) is 0 Å². The Balaban J connectivity index is 4.52. The van der Waals surface area contributed by atoms with Gasteiger partial charge < -0.3 is 30.3 Å². The highest BCUT2D eigenvalue weighted by Crippen LogP contribution is 2.43. The Morgan fingerprint density at radius 3 is 1.82 bits per heavy atom. The van der Waals surface area contributed by atoms with Crippen LogP contribution in [0.15, 0.2) is 72.9 Å². The number of aliphatic hydroxyl groups excluding tert-OH is 1. The summed E-state index contributed by atoms with van der Waals surface area (Å²) in [5.74, 6) is -2.48. The molecule has 13 heteroatoms. The summed E-state index contributed by atoms with van der Waals surface area (Å²) in [6, 6.07) is -1.54. The zero-order valence-electron chi connectivity index (χ0n) is 33.3. The number of phosphoric ester groups is 1. The first-order valence-electron chi connectivity index (χ1n) is 20.1. The van der Waals surface area contributed by atoms with E-state index in [9.17, 15) is 28.9 Å². The topological polar surface area (TPSA) is 192 Å². The monoisotopic (exact) mass is 795 g/mol. The maximum atomic E-state index is 12.6. The van der Waals surface area contributed by atoms with Gasteiger partial charge in [0.1, 0.15) is 12.6 Å². The highest BCUT2D eigenvalue weighted by molar-refractivity contribution is 7.47.